The van der Waals surface area contributed by atoms with Crippen molar-refractivity contribution in [2.24, 2.45) is 5.92 Å². The second-order valence-corrected chi connectivity index (χ2v) is 8.93. The van der Waals surface area contributed by atoms with Crippen molar-refractivity contribution in [2.45, 2.75) is 63.6 Å². The van der Waals surface area contributed by atoms with E-state index in [2.05, 4.69) is 0 Å². The van der Waals surface area contributed by atoms with Crippen molar-refractivity contribution in [1.29, 1.82) is 0 Å². The zero-order valence-electron chi connectivity index (χ0n) is 15.8. The summed E-state index contributed by atoms with van der Waals surface area (Å²) in [6, 6.07) is 7.56. The van der Waals surface area contributed by atoms with Gasteiger partial charge in [0.05, 0.1) is 11.0 Å². The Bertz CT molecular complexity index is 603. The molecule has 1 fully saturated rings. The third-order valence-corrected chi connectivity index (χ3v) is 5.31. The van der Waals surface area contributed by atoms with Gasteiger partial charge >= 0.3 is 6.09 Å². The molecule has 1 saturated carbocycles. The summed E-state index contributed by atoms with van der Waals surface area (Å²) in [5, 5.41) is 0. The number of ether oxygens (including phenoxy) is 1. The van der Waals surface area contributed by atoms with Gasteiger partial charge in [-0.25, -0.2) is 9.00 Å². The molecule has 0 heterocycles. The minimum absolute atomic E-state index is 0.0407. The number of carbonyl (C=O) groups is 1. The molecule has 0 radical (unpaired) electrons. The number of benzene rings is 1. The van der Waals surface area contributed by atoms with E-state index in [1.165, 1.54) is 0 Å². The third-order valence-electron chi connectivity index (χ3n) is 4.21. The number of hydrogen-bond acceptors (Lipinski definition) is 4. The Hall–Kier alpha value is -1.40. The van der Waals surface area contributed by atoms with Crippen molar-refractivity contribution in [3.8, 4) is 0 Å². The summed E-state index contributed by atoms with van der Waals surface area (Å²) < 4.78 is 23.1. The first-order valence-corrected chi connectivity index (χ1v) is 9.81. The highest BCUT2D eigenvalue weighted by molar-refractivity contribution is 7.80. The maximum Gasteiger partial charge on any atom is 0.410 e. The lowest BCUT2D eigenvalue weighted by atomic mass is 9.80. The Morgan fingerprint density at radius 2 is 1.84 bits per heavy atom. The van der Waals surface area contributed by atoms with Gasteiger partial charge in [-0.15, -0.1) is 0 Å². The Kier molecular flexibility index (Phi) is 6.63. The van der Waals surface area contributed by atoms with Crippen molar-refractivity contribution in [1.82, 2.24) is 4.90 Å². The molecule has 140 valence electrons. The topological polar surface area (TPSA) is 55.8 Å². The van der Waals surface area contributed by atoms with Gasteiger partial charge in [-0.3, -0.25) is 4.18 Å². The molecule has 1 aliphatic carbocycles. The van der Waals surface area contributed by atoms with E-state index in [9.17, 15) is 9.00 Å². The number of hydrogen-bond donors (Lipinski definition) is 0. The summed E-state index contributed by atoms with van der Waals surface area (Å²) >= 11 is -1.40. The minimum atomic E-state index is -1.40. The maximum absolute atomic E-state index is 12.2. The van der Waals surface area contributed by atoms with Gasteiger partial charge in [0.15, 0.2) is 11.1 Å². The number of carbonyl (C=O) groups excluding carboxylic acids is 1. The summed E-state index contributed by atoms with van der Waals surface area (Å²) in [6.45, 7) is 8.24. The van der Waals surface area contributed by atoms with Crippen LogP contribution >= 0.6 is 0 Å². The van der Waals surface area contributed by atoms with Gasteiger partial charge in [0, 0.05) is 13.6 Å². The average molecular weight is 368 g/mol. The molecule has 2 rings (SSSR count). The Balaban J connectivity index is 1.66. The van der Waals surface area contributed by atoms with Crippen molar-refractivity contribution in [3.05, 3.63) is 29.8 Å². The van der Waals surface area contributed by atoms with Crippen LogP contribution in [0.2, 0.25) is 0 Å². The Morgan fingerprint density at radius 1 is 1.24 bits per heavy atom. The van der Waals surface area contributed by atoms with E-state index >= 15 is 0 Å². The van der Waals surface area contributed by atoms with Crippen LogP contribution in [0.1, 0.15) is 45.6 Å². The molecule has 1 aliphatic rings. The van der Waals surface area contributed by atoms with Gasteiger partial charge in [0.2, 0.25) is 0 Å². The first kappa shape index (κ1) is 19.9. The normalized spacial score (nSPS) is 21.3. The van der Waals surface area contributed by atoms with Gasteiger partial charge < -0.3 is 9.64 Å². The summed E-state index contributed by atoms with van der Waals surface area (Å²) in [4.78, 5) is 14.2. The number of rotatable bonds is 6. The van der Waals surface area contributed by atoms with Crippen LogP contribution in [-0.4, -0.2) is 40.5 Å². The first-order chi connectivity index (χ1) is 11.6. The Labute approximate surface area is 153 Å². The second-order valence-electron chi connectivity index (χ2n) is 7.79. The standard InChI is InChI=1S/C19H29NO4S/c1-14-6-8-17(9-7-14)25(22)24-16-12-15(13-16)10-11-20(5)18(21)23-19(2,3)4/h6-9,15-16H,10-13H2,1-5H3. The molecule has 1 aromatic rings. The highest BCUT2D eigenvalue weighted by Crippen LogP contribution is 2.34. The quantitative estimate of drug-likeness (QED) is 0.760. The molecule has 0 spiro atoms. The smallest absolute Gasteiger partial charge is 0.410 e. The van der Waals surface area contributed by atoms with Crippen molar-refractivity contribution in [3.63, 3.8) is 0 Å². The van der Waals surface area contributed by atoms with Gasteiger partial charge in [0.25, 0.3) is 0 Å². The van der Waals surface area contributed by atoms with Crippen molar-refractivity contribution < 1.29 is 17.9 Å². The molecular formula is C19H29NO4S. The molecule has 1 aromatic carbocycles. The maximum atomic E-state index is 12.2. The lowest BCUT2D eigenvalue weighted by Crippen LogP contribution is -2.38. The summed E-state index contributed by atoms with van der Waals surface area (Å²) in [5.74, 6) is 0.505. The van der Waals surface area contributed by atoms with Crippen molar-refractivity contribution in [2.75, 3.05) is 13.6 Å². The van der Waals surface area contributed by atoms with Crippen LogP contribution in [0.4, 0.5) is 4.79 Å². The molecule has 0 bridgehead atoms. The fourth-order valence-corrected chi connectivity index (χ4v) is 3.50. The molecule has 1 unspecified atom stereocenters. The highest BCUT2D eigenvalue weighted by atomic mass is 32.2. The van der Waals surface area contributed by atoms with E-state index in [1.807, 2.05) is 52.0 Å². The van der Waals surface area contributed by atoms with E-state index in [4.69, 9.17) is 8.92 Å². The predicted molar refractivity (Wildman–Crippen MR) is 98.7 cm³/mol. The predicted octanol–water partition coefficient (Wildman–Crippen LogP) is 4.07. The van der Waals surface area contributed by atoms with E-state index in [1.54, 1.807) is 11.9 Å². The zero-order chi connectivity index (χ0) is 18.6. The summed E-state index contributed by atoms with van der Waals surface area (Å²) in [7, 11) is 1.76. The van der Waals surface area contributed by atoms with Gasteiger partial charge in [0.1, 0.15) is 5.60 Å². The fourth-order valence-electron chi connectivity index (χ4n) is 2.62. The highest BCUT2D eigenvalue weighted by Gasteiger charge is 2.32. The average Bonchev–Trinajstić information content (AvgIpc) is 2.47. The first-order valence-electron chi connectivity index (χ1n) is 8.74. The lowest BCUT2D eigenvalue weighted by molar-refractivity contribution is 0.0250. The van der Waals surface area contributed by atoms with E-state index in [-0.39, 0.29) is 12.2 Å². The van der Waals surface area contributed by atoms with Crippen LogP contribution in [0, 0.1) is 12.8 Å². The van der Waals surface area contributed by atoms with Crippen LogP contribution in [0.3, 0.4) is 0 Å². The molecular weight excluding hydrogens is 338 g/mol. The van der Waals surface area contributed by atoms with Crippen molar-refractivity contribution >= 4 is 17.2 Å². The number of amides is 1. The van der Waals surface area contributed by atoms with Crippen LogP contribution < -0.4 is 0 Å². The Morgan fingerprint density at radius 3 is 2.40 bits per heavy atom. The van der Waals surface area contributed by atoms with Gasteiger partial charge in [-0.1, -0.05) is 17.7 Å². The molecule has 0 saturated heterocycles. The van der Waals surface area contributed by atoms with E-state index < -0.39 is 16.7 Å². The largest absolute Gasteiger partial charge is 0.444 e. The molecule has 0 aliphatic heterocycles. The summed E-state index contributed by atoms with van der Waals surface area (Å²) in [6.07, 6.45) is 2.44. The number of nitrogens with zero attached hydrogens (tertiary/aromatic N) is 1. The zero-order valence-corrected chi connectivity index (χ0v) is 16.6. The number of aryl methyl sites for hydroxylation is 1. The molecule has 0 aromatic heterocycles. The third kappa shape index (κ3) is 6.44. The minimum Gasteiger partial charge on any atom is -0.444 e. The lowest BCUT2D eigenvalue weighted by Gasteiger charge is -2.35. The van der Waals surface area contributed by atoms with E-state index in [0.29, 0.717) is 17.4 Å². The molecule has 5 nitrogen and oxygen atoms in total. The van der Waals surface area contributed by atoms with Crippen LogP contribution in [0.5, 0.6) is 0 Å². The van der Waals surface area contributed by atoms with Crippen LogP contribution in [-0.2, 0) is 20.0 Å². The fraction of sp³-hybridized carbons (Fsp3) is 0.632. The monoisotopic (exact) mass is 367 g/mol. The SMILES string of the molecule is Cc1ccc(S(=O)OC2CC(CCN(C)C(=O)OC(C)(C)C)C2)cc1. The van der Waals surface area contributed by atoms with E-state index in [0.717, 1.165) is 24.8 Å². The van der Waals surface area contributed by atoms with Gasteiger partial charge in [-0.05, 0) is 65.0 Å². The molecule has 0 N–H and O–H groups in total. The second kappa shape index (κ2) is 8.32. The molecule has 25 heavy (non-hydrogen) atoms. The summed E-state index contributed by atoms with van der Waals surface area (Å²) in [5.41, 5.74) is 0.666. The van der Waals surface area contributed by atoms with Gasteiger partial charge in [-0.2, -0.15) is 0 Å². The molecule has 1 amide bonds. The van der Waals surface area contributed by atoms with Crippen LogP contribution in [0.25, 0.3) is 0 Å². The van der Waals surface area contributed by atoms with Crippen LogP contribution in [0.15, 0.2) is 29.2 Å². The molecule has 6 heteroatoms. The molecule has 1 atom stereocenters.